The van der Waals surface area contributed by atoms with E-state index >= 15 is 0 Å². The van der Waals surface area contributed by atoms with Gasteiger partial charge in [-0.25, -0.2) is 0 Å². The molecule has 6 nitrogen and oxygen atoms in total. The molecule has 7 heteroatoms. The minimum absolute atomic E-state index is 0.266. The van der Waals surface area contributed by atoms with Crippen LogP contribution in [-0.4, -0.2) is 21.8 Å². The molecule has 0 atom stereocenters. The van der Waals surface area contributed by atoms with Crippen molar-refractivity contribution in [2.75, 3.05) is 23.2 Å². The molecule has 0 saturated heterocycles. The molecule has 0 amide bonds. The summed E-state index contributed by atoms with van der Waals surface area (Å²) in [6.45, 7) is 0. The highest BCUT2D eigenvalue weighted by Crippen LogP contribution is 2.39. The summed E-state index contributed by atoms with van der Waals surface area (Å²) in [5, 5.41) is 0. The van der Waals surface area contributed by atoms with E-state index in [1.165, 1.54) is 0 Å². The van der Waals surface area contributed by atoms with Crippen LogP contribution < -0.4 is 18.7 Å². The van der Waals surface area contributed by atoms with Crippen molar-refractivity contribution < 1.29 is 17.3 Å². The maximum Gasteiger partial charge on any atom is 0.306 e. The van der Waals surface area contributed by atoms with Gasteiger partial charge >= 0.3 is 10.1 Å². The first-order chi connectivity index (χ1) is 18.9. The molecule has 0 unspecified atom stereocenters. The van der Waals surface area contributed by atoms with Crippen LogP contribution >= 0.6 is 0 Å². The maximum absolute atomic E-state index is 11.5. The van der Waals surface area contributed by atoms with Crippen LogP contribution in [0.25, 0.3) is 0 Å². The number of methoxy groups -OCH3 is 1. The zero-order valence-corrected chi connectivity index (χ0v) is 22.5. The van der Waals surface area contributed by atoms with Crippen LogP contribution in [0.2, 0.25) is 0 Å². The van der Waals surface area contributed by atoms with E-state index in [1.54, 1.807) is 19.2 Å². The number of rotatable bonds is 9. The zero-order chi connectivity index (χ0) is 27.2. The Balaban J connectivity index is 1.53. The fraction of sp³-hybridized carbons (Fsp3) is 0.0625. The van der Waals surface area contributed by atoms with Gasteiger partial charge in [-0.1, -0.05) is 36.4 Å². The fourth-order valence-electron chi connectivity index (χ4n) is 4.36. The number of hydrogen-bond acceptors (Lipinski definition) is 6. The van der Waals surface area contributed by atoms with Crippen molar-refractivity contribution in [3.63, 3.8) is 0 Å². The predicted octanol–water partition coefficient (Wildman–Crippen LogP) is 7.97. The Hall–Kier alpha value is -4.75. The number of ether oxygens (including phenoxy) is 1. The van der Waals surface area contributed by atoms with Gasteiger partial charge in [0.25, 0.3) is 0 Å². The van der Waals surface area contributed by atoms with Crippen LogP contribution in [0.5, 0.6) is 11.5 Å². The van der Waals surface area contributed by atoms with Crippen molar-refractivity contribution in [3.8, 4) is 11.5 Å². The molecule has 5 aromatic carbocycles. The van der Waals surface area contributed by atoms with Crippen LogP contribution in [-0.2, 0) is 10.1 Å². The van der Waals surface area contributed by atoms with Gasteiger partial charge < -0.3 is 18.7 Å². The highest BCUT2D eigenvalue weighted by atomic mass is 32.2. The predicted molar refractivity (Wildman–Crippen MR) is 158 cm³/mol. The summed E-state index contributed by atoms with van der Waals surface area (Å²) in [5.74, 6) is 1.07. The summed E-state index contributed by atoms with van der Waals surface area (Å²) in [6.07, 6.45) is 1.03. The second-order valence-corrected chi connectivity index (χ2v) is 10.4. The van der Waals surface area contributed by atoms with Crippen molar-refractivity contribution >= 4 is 44.2 Å². The first kappa shape index (κ1) is 25.9. The Morgan fingerprint density at radius 2 is 0.769 bits per heavy atom. The maximum atomic E-state index is 11.5. The van der Waals surface area contributed by atoms with E-state index in [0.717, 1.165) is 46.1 Å². The smallest absolute Gasteiger partial charge is 0.306 e. The second-order valence-electron chi connectivity index (χ2n) is 8.84. The number of anilines is 6. The summed E-state index contributed by atoms with van der Waals surface area (Å²) >= 11 is 0. The lowest BCUT2D eigenvalue weighted by Gasteiger charge is -2.28. The average molecular weight is 537 g/mol. The van der Waals surface area contributed by atoms with Crippen LogP contribution in [0.4, 0.5) is 34.1 Å². The SMILES string of the molecule is COc1ccc(N(c2ccccc2)c2ccc(N(c3ccccc3)c3ccc(OS(C)(=O)=O)cc3)cc2)cc1. The number of para-hydroxylation sites is 2. The molecule has 0 fully saturated rings. The summed E-state index contributed by atoms with van der Waals surface area (Å²) in [7, 11) is -1.94. The number of hydrogen-bond donors (Lipinski definition) is 0. The fourth-order valence-corrected chi connectivity index (χ4v) is 4.82. The van der Waals surface area contributed by atoms with E-state index in [0.29, 0.717) is 0 Å². The van der Waals surface area contributed by atoms with Crippen LogP contribution in [0.3, 0.4) is 0 Å². The Kier molecular flexibility index (Phi) is 7.52. The van der Waals surface area contributed by atoms with Crippen molar-refractivity contribution in [2.24, 2.45) is 0 Å². The minimum atomic E-state index is -3.60. The van der Waals surface area contributed by atoms with E-state index in [9.17, 15) is 8.42 Å². The molecule has 0 saturated carbocycles. The average Bonchev–Trinajstić information content (AvgIpc) is 2.96. The van der Waals surface area contributed by atoms with Crippen molar-refractivity contribution in [1.29, 1.82) is 0 Å². The quantitative estimate of drug-likeness (QED) is 0.178. The highest BCUT2D eigenvalue weighted by molar-refractivity contribution is 7.86. The highest BCUT2D eigenvalue weighted by Gasteiger charge is 2.16. The van der Waals surface area contributed by atoms with E-state index in [4.69, 9.17) is 8.92 Å². The van der Waals surface area contributed by atoms with Gasteiger partial charge in [-0.05, 0) is 97.1 Å². The molecule has 5 aromatic rings. The number of nitrogens with zero attached hydrogens (tertiary/aromatic N) is 2. The Bertz CT molecular complexity index is 1610. The standard InChI is InChI=1S/C32H28N2O4S/c1-37-31-21-17-29(18-22-31)33(25-9-5-3-6-10-25)27-13-15-28(16-14-27)34(26-11-7-4-8-12-26)30-19-23-32(24-20-30)38-39(2,35)36/h3-24H,1-2H3. The first-order valence-electron chi connectivity index (χ1n) is 12.4. The van der Waals surface area contributed by atoms with E-state index in [1.807, 2.05) is 84.9 Å². The summed E-state index contributed by atoms with van der Waals surface area (Å²) in [5.41, 5.74) is 5.83. The third kappa shape index (κ3) is 6.22. The van der Waals surface area contributed by atoms with Gasteiger partial charge in [-0.2, -0.15) is 8.42 Å². The summed E-state index contributed by atoms with van der Waals surface area (Å²) in [6, 6.07) is 43.5. The van der Waals surface area contributed by atoms with Gasteiger partial charge in [0, 0.05) is 34.1 Å². The molecule has 0 bridgehead atoms. The molecule has 39 heavy (non-hydrogen) atoms. The molecule has 5 rings (SSSR count). The van der Waals surface area contributed by atoms with Crippen molar-refractivity contribution in [1.82, 2.24) is 0 Å². The lowest BCUT2D eigenvalue weighted by atomic mass is 10.1. The van der Waals surface area contributed by atoms with Crippen molar-refractivity contribution in [2.45, 2.75) is 0 Å². The molecule has 0 N–H and O–H groups in total. The minimum Gasteiger partial charge on any atom is -0.497 e. The third-order valence-corrected chi connectivity index (χ3v) is 6.56. The Labute approximate surface area is 229 Å². The zero-order valence-electron chi connectivity index (χ0n) is 21.6. The summed E-state index contributed by atoms with van der Waals surface area (Å²) in [4.78, 5) is 4.29. The van der Waals surface area contributed by atoms with Gasteiger partial charge in [-0.15, -0.1) is 0 Å². The monoisotopic (exact) mass is 536 g/mol. The molecule has 0 aromatic heterocycles. The lowest BCUT2D eigenvalue weighted by Crippen LogP contribution is -2.12. The molecular formula is C32H28N2O4S. The first-order valence-corrected chi connectivity index (χ1v) is 14.2. The van der Waals surface area contributed by atoms with Gasteiger partial charge in [0.05, 0.1) is 13.4 Å². The Morgan fingerprint density at radius 3 is 1.10 bits per heavy atom. The van der Waals surface area contributed by atoms with Crippen molar-refractivity contribution in [3.05, 3.63) is 133 Å². The molecule has 0 spiro atoms. The normalized spacial score (nSPS) is 11.0. The van der Waals surface area contributed by atoms with E-state index < -0.39 is 10.1 Å². The topological polar surface area (TPSA) is 59.1 Å². The van der Waals surface area contributed by atoms with Gasteiger partial charge in [0.15, 0.2) is 0 Å². The molecule has 0 aliphatic carbocycles. The van der Waals surface area contributed by atoms with Gasteiger partial charge in [-0.3, -0.25) is 0 Å². The lowest BCUT2D eigenvalue weighted by molar-refractivity contribution is 0.415. The Morgan fingerprint density at radius 1 is 0.462 bits per heavy atom. The molecule has 0 heterocycles. The largest absolute Gasteiger partial charge is 0.497 e. The molecule has 196 valence electrons. The molecule has 0 radical (unpaired) electrons. The van der Waals surface area contributed by atoms with E-state index in [2.05, 4.69) is 46.2 Å². The summed E-state index contributed by atoms with van der Waals surface area (Å²) < 4.78 is 33.5. The van der Waals surface area contributed by atoms with Crippen LogP contribution in [0, 0.1) is 0 Å². The third-order valence-electron chi connectivity index (χ3n) is 6.07. The number of benzene rings is 5. The van der Waals surface area contributed by atoms with Crippen LogP contribution in [0.1, 0.15) is 0 Å². The second kappa shape index (κ2) is 11.3. The van der Waals surface area contributed by atoms with Crippen LogP contribution in [0.15, 0.2) is 133 Å². The van der Waals surface area contributed by atoms with Gasteiger partial charge in [0.1, 0.15) is 11.5 Å². The molecular weight excluding hydrogens is 508 g/mol. The van der Waals surface area contributed by atoms with E-state index in [-0.39, 0.29) is 5.75 Å². The molecule has 0 aliphatic heterocycles. The molecule has 0 aliphatic rings. The van der Waals surface area contributed by atoms with Gasteiger partial charge in [0.2, 0.25) is 0 Å².